The SMILES string of the molecule is Cc1ccc(F)c2c3c([nH]c12)CCNC3. The molecule has 1 aromatic carbocycles. The number of fused-ring (bicyclic) bond motifs is 3. The Hall–Kier alpha value is -1.35. The van der Waals surface area contributed by atoms with Crippen LogP contribution in [0.15, 0.2) is 12.1 Å². The van der Waals surface area contributed by atoms with Gasteiger partial charge in [-0.25, -0.2) is 4.39 Å². The lowest BCUT2D eigenvalue weighted by Crippen LogP contribution is -2.23. The first kappa shape index (κ1) is 8.92. The number of benzene rings is 1. The topological polar surface area (TPSA) is 27.8 Å². The van der Waals surface area contributed by atoms with E-state index in [9.17, 15) is 4.39 Å². The highest BCUT2D eigenvalue weighted by Gasteiger charge is 2.18. The summed E-state index contributed by atoms with van der Waals surface area (Å²) in [5.41, 5.74) is 4.37. The largest absolute Gasteiger partial charge is 0.358 e. The van der Waals surface area contributed by atoms with E-state index in [1.54, 1.807) is 6.07 Å². The third kappa shape index (κ3) is 1.20. The molecule has 0 atom stereocenters. The average molecular weight is 204 g/mol. The van der Waals surface area contributed by atoms with Gasteiger partial charge in [-0.05, 0) is 24.1 Å². The zero-order valence-corrected chi connectivity index (χ0v) is 8.65. The lowest BCUT2D eigenvalue weighted by atomic mass is 10.0. The fourth-order valence-electron chi connectivity index (χ4n) is 2.35. The lowest BCUT2D eigenvalue weighted by molar-refractivity contribution is 0.624. The molecule has 2 heterocycles. The van der Waals surface area contributed by atoms with E-state index in [2.05, 4.69) is 10.3 Å². The minimum absolute atomic E-state index is 0.114. The third-order valence-corrected chi connectivity index (χ3v) is 3.16. The molecule has 0 aliphatic carbocycles. The molecule has 0 unspecified atom stereocenters. The predicted molar refractivity (Wildman–Crippen MR) is 58.4 cm³/mol. The van der Waals surface area contributed by atoms with Crippen molar-refractivity contribution in [3.8, 4) is 0 Å². The van der Waals surface area contributed by atoms with Crippen LogP contribution in [0.3, 0.4) is 0 Å². The zero-order chi connectivity index (χ0) is 10.4. The minimum atomic E-state index is -0.114. The first-order chi connectivity index (χ1) is 7.27. The van der Waals surface area contributed by atoms with Crippen LogP contribution in [0.1, 0.15) is 16.8 Å². The van der Waals surface area contributed by atoms with Gasteiger partial charge in [-0.2, -0.15) is 0 Å². The molecular formula is C12H13FN2. The molecule has 2 nitrogen and oxygen atoms in total. The maximum absolute atomic E-state index is 13.7. The number of aromatic amines is 1. The molecule has 0 spiro atoms. The predicted octanol–water partition coefficient (Wildman–Crippen LogP) is 2.26. The molecule has 1 aliphatic rings. The van der Waals surface area contributed by atoms with Crippen molar-refractivity contribution in [2.75, 3.05) is 6.54 Å². The molecule has 15 heavy (non-hydrogen) atoms. The van der Waals surface area contributed by atoms with Crippen LogP contribution in [0, 0.1) is 12.7 Å². The highest BCUT2D eigenvalue weighted by molar-refractivity contribution is 5.88. The molecule has 1 aromatic heterocycles. The van der Waals surface area contributed by atoms with Crippen LogP contribution >= 0.6 is 0 Å². The number of nitrogens with one attached hydrogen (secondary N) is 2. The second-order valence-electron chi connectivity index (χ2n) is 4.12. The normalized spacial score (nSPS) is 15.6. The monoisotopic (exact) mass is 204 g/mol. The van der Waals surface area contributed by atoms with Crippen LogP contribution in [0.25, 0.3) is 10.9 Å². The Balaban J connectivity index is 2.41. The minimum Gasteiger partial charge on any atom is -0.358 e. The number of halogens is 1. The first-order valence-electron chi connectivity index (χ1n) is 5.26. The van der Waals surface area contributed by atoms with Gasteiger partial charge in [-0.1, -0.05) is 6.07 Å². The maximum atomic E-state index is 13.7. The summed E-state index contributed by atoms with van der Waals surface area (Å²) in [5, 5.41) is 4.05. The van der Waals surface area contributed by atoms with E-state index in [1.807, 2.05) is 13.0 Å². The number of aryl methyl sites for hydroxylation is 1. The number of hydrogen-bond donors (Lipinski definition) is 2. The van der Waals surface area contributed by atoms with Crippen LogP contribution in [-0.4, -0.2) is 11.5 Å². The zero-order valence-electron chi connectivity index (χ0n) is 8.65. The molecule has 1 aliphatic heterocycles. The van der Waals surface area contributed by atoms with Gasteiger partial charge in [0.05, 0.1) is 5.52 Å². The summed E-state index contributed by atoms with van der Waals surface area (Å²) >= 11 is 0. The summed E-state index contributed by atoms with van der Waals surface area (Å²) in [6, 6.07) is 3.38. The summed E-state index contributed by atoms with van der Waals surface area (Å²) in [7, 11) is 0. The van der Waals surface area contributed by atoms with Crippen LogP contribution in [0.4, 0.5) is 4.39 Å². The Morgan fingerprint density at radius 1 is 1.33 bits per heavy atom. The van der Waals surface area contributed by atoms with Gasteiger partial charge >= 0.3 is 0 Å². The fourth-order valence-corrected chi connectivity index (χ4v) is 2.35. The molecule has 0 fully saturated rings. The molecule has 0 bridgehead atoms. The van der Waals surface area contributed by atoms with Crippen molar-refractivity contribution in [3.63, 3.8) is 0 Å². The van der Waals surface area contributed by atoms with Gasteiger partial charge < -0.3 is 10.3 Å². The van der Waals surface area contributed by atoms with Crippen molar-refractivity contribution < 1.29 is 4.39 Å². The summed E-state index contributed by atoms with van der Waals surface area (Å²) in [5.74, 6) is -0.114. The molecule has 3 heteroatoms. The van der Waals surface area contributed by atoms with Crippen molar-refractivity contribution in [2.24, 2.45) is 0 Å². The Morgan fingerprint density at radius 3 is 3.07 bits per heavy atom. The van der Waals surface area contributed by atoms with Gasteiger partial charge in [-0.3, -0.25) is 0 Å². The maximum Gasteiger partial charge on any atom is 0.132 e. The van der Waals surface area contributed by atoms with Gasteiger partial charge in [0.15, 0.2) is 0 Å². The number of aromatic nitrogens is 1. The molecule has 0 saturated carbocycles. The summed E-state index contributed by atoms with van der Waals surface area (Å²) in [6.07, 6.45) is 0.961. The van der Waals surface area contributed by atoms with Crippen molar-refractivity contribution in [2.45, 2.75) is 19.9 Å². The quantitative estimate of drug-likeness (QED) is 0.677. The van der Waals surface area contributed by atoms with Crippen molar-refractivity contribution >= 4 is 10.9 Å². The number of H-pyrrole nitrogens is 1. The Kier molecular flexibility index (Phi) is 1.83. The highest BCUT2D eigenvalue weighted by Crippen LogP contribution is 2.29. The second-order valence-corrected chi connectivity index (χ2v) is 4.12. The summed E-state index contributed by atoms with van der Waals surface area (Å²) < 4.78 is 13.7. The van der Waals surface area contributed by atoms with Crippen LogP contribution < -0.4 is 5.32 Å². The van der Waals surface area contributed by atoms with E-state index in [0.717, 1.165) is 41.5 Å². The van der Waals surface area contributed by atoms with Crippen molar-refractivity contribution in [1.29, 1.82) is 0 Å². The fraction of sp³-hybridized carbons (Fsp3) is 0.333. The van der Waals surface area contributed by atoms with Gasteiger partial charge in [0.1, 0.15) is 5.82 Å². The molecule has 2 aromatic rings. The molecule has 78 valence electrons. The standard InChI is InChI=1S/C12H13FN2/c1-7-2-3-9(13)11-8-6-14-5-4-10(8)15-12(7)11/h2-3,14-15H,4-6H2,1H3. The van der Waals surface area contributed by atoms with Gasteiger partial charge in [0.25, 0.3) is 0 Å². The van der Waals surface area contributed by atoms with Gasteiger partial charge in [0, 0.05) is 30.6 Å². The Labute approximate surface area is 87.5 Å². The van der Waals surface area contributed by atoms with Crippen molar-refractivity contribution in [1.82, 2.24) is 10.3 Å². The lowest BCUT2D eigenvalue weighted by Gasteiger charge is -2.12. The van der Waals surface area contributed by atoms with E-state index in [-0.39, 0.29) is 5.82 Å². The van der Waals surface area contributed by atoms with E-state index in [0.29, 0.717) is 0 Å². The average Bonchev–Trinajstić information content (AvgIpc) is 2.64. The number of hydrogen-bond acceptors (Lipinski definition) is 1. The van der Waals surface area contributed by atoms with E-state index < -0.39 is 0 Å². The molecule has 0 radical (unpaired) electrons. The molecule has 0 saturated heterocycles. The Bertz CT molecular complexity index is 528. The highest BCUT2D eigenvalue weighted by atomic mass is 19.1. The van der Waals surface area contributed by atoms with Crippen LogP contribution in [0.2, 0.25) is 0 Å². The number of rotatable bonds is 0. The summed E-state index contributed by atoms with van der Waals surface area (Å²) in [6.45, 7) is 3.76. The van der Waals surface area contributed by atoms with Crippen molar-refractivity contribution in [3.05, 3.63) is 34.8 Å². The first-order valence-corrected chi connectivity index (χ1v) is 5.26. The second kappa shape index (κ2) is 3.07. The van der Waals surface area contributed by atoms with Gasteiger partial charge in [-0.15, -0.1) is 0 Å². The molecular weight excluding hydrogens is 191 g/mol. The summed E-state index contributed by atoms with van der Waals surface area (Å²) in [4.78, 5) is 3.35. The van der Waals surface area contributed by atoms with E-state index in [4.69, 9.17) is 0 Å². The molecule has 0 amide bonds. The van der Waals surface area contributed by atoms with Crippen LogP contribution in [-0.2, 0) is 13.0 Å². The van der Waals surface area contributed by atoms with Crippen LogP contribution in [0.5, 0.6) is 0 Å². The molecule has 2 N–H and O–H groups in total. The van der Waals surface area contributed by atoms with E-state index >= 15 is 0 Å². The molecule has 3 rings (SSSR count). The smallest absolute Gasteiger partial charge is 0.132 e. The van der Waals surface area contributed by atoms with Gasteiger partial charge in [0.2, 0.25) is 0 Å². The van der Waals surface area contributed by atoms with E-state index in [1.165, 1.54) is 5.69 Å². The third-order valence-electron chi connectivity index (χ3n) is 3.16. The Morgan fingerprint density at radius 2 is 2.20 bits per heavy atom.